The first kappa shape index (κ1) is 23.5. The van der Waals surface area contributed by atoms with Gasteiger partial charge in [0.25, 0.3) is 0 Å². The van der Waals surface area contributed by atoms with E-state index < -0.39 is 9.84 Å². The van der Waals surface area contributed by atoms with Gasteiger partial charge in [-0.15, -0.1) is 24.0 Å². The highest BCUT2D eigenvalue weighted by molar-refractivity contribution is 14.0. The van der Waals surface area contributed by atoms with Crippen molar-refractivity contribution >= 4 is 39.8 Å². The molecule has 29 heavy (non-hydrogen) atoms. The summed E-state index contributed by atoms with van der Waals surface area (Å²) >= 11 is 0. The van der Waals surface area contributed by atoms with E-state index in [-0.39, 0.29) is 41.5 Å². The van der Waals surface area contributed by atoms with E-state index in [1.807, 2.05) is 49.4 Å². The first-order valence-electron chi connectivity index (χ1n) is 9.60. The van der Waals surface area contributed by atoms with E-state index in [0.717, 1.165) is 16.9 Å². The van der Waals surface area contributed by atoms with E-state index >= 15 is 0 Å². The van der Waals surface area contributed by atoms with E-state index in [0.29, 0.717) is 32.1 Å². The zero-order chi connectivity index (χ0) is 19.8. The Hall–Kier alpha value is -1.81. The highest BCUT2D eigenvalue weighted by atomic mass is 127. The molecule has 6 nitrogen and oxygen atoms in total. The maximum atomic E-state index is 11.6. The van der Waals surface area contributed by atoms with Gasteiger partial charge in [0, 0.05) is 18.2 Å². The Morgan fingerprint density at radius 1 is 1.14 bits per heavy atom. The molecule has 3 rings (SSSR count). The van der Waals surface area contributed by atoms with Crippen molar-refractivity contribution in [3.05, 3.63) is 54.6 Å². The lowest BCUT2D eigenvalue weighted by atomic mass is 10.1. The lowest BCUT2D eigenvalue weighted by Gasteiger charge is -2.16. The number of nitrogens with zero attached hydrogens (tertiary/aromatic N) is 1. The summed E-state index contributed by atoms with van der Waals surface area (Å²) in [6.45, 7) is 3.60. The summed E-state index contributed by atoms with van der Waals surface area (Å²) in [7, 11) is -2.92. The van der Waals surface area contributed by atoms with Crippen LogP contribution in [0.4, 0.5) is 0 Å². The van der Waals surface area contributed by atoms with Crippen molar-refractivity contribution in [3.8, 4) is 16.9 Å². The van der Waals surface area contributed by atoms with Gasteiger partial charge in [0.1, 0.15) is 12.4 Å². The van der Waals surface area contributed by atoms with Gasteiger partial charge < -0.3 is 15.4 Å². The molecule has 0 radical (unpaired) electrons. The van der Waals surface area contributed by atoms with Crippen LogP contribution in [0.25, 0.3) is 11.1 Å². The molecule has 1 aliphatic heterocycles. The Morgan fingerprint density at radius 2 is 1.86 bits per heavy atom. The predicted octanol–water partition coefficient (Wildman–Crippen LogP) is 3.09. The summed E-state index contributed by atoms with van der Waals surface area (Å²) in [5, 5.41) is 6.37. The summed E-state index contributed by atoms with van der Waals surface area (Å²) < 4.78 is 29.2. The lowest BCUT2D eigenvalue weighted by molar-refractivity contribution is 0.329. The van der Waals surface area contributed by atoms with Crippen molar-refractivity contribution in [1.82, 2.24) is 10.6 Å². The number of nitrogens with one attached hydrogen (secondary N) is 2. The minimum absolute atomic E-state index is 0. The second kappa shape index (κ2) is 11.4. The van der Waals surface area contributed by atoms with Crippen LogP contribution in [0.5, 0.6) is 5.75 Å². The number of guanidine groups is 1. The normalized spacial score (nSPS) is 18.0. The number of aliphatic imine (C=N–C) groups is 1. The lowest BCUT2D eigenvalue weighted by Crippen LogP contribution is -2.44. The van der Waals surface area contributed by atoms with Crippen molar-refractivity contribution in [3.63, 3.8) is 0 Å². The number of sulfone groups is 1. The van der Waals surface area contributed by atoms with E-state index in [2.05, 4.69) is 27.8 Å². The van der Waals surface area contributed by atoms with Gasteiger partial charge in [-0.25, -0.2) is 13.4 Å². The Morgan fingerprint density at radius 3 is 2.55 bits per heavy atom. The monoisotopic (exact) mass is 529 g/mol. The number of hydrogen-bond acceptors (Lipinski definition) is 4. The van der Waals surface area contributed by atoms with Crippen LogP contribution >= 0.6 is 24.0 Å². The second-order valence-electron chi connectivity index (χ2n) is 6.72. The number of ether oxygens (including phenoxy) is 1. The van der Waals surface area contributed by atoms with E-state index in [9.17, 15) is 8.42 Å². The quantitative estimate of drug-likeness (QED) is 0.250. The maximum Gasteiger partial charge on any atom is 0.191 e. The molecule has 2 N–H and O–H groups in total. The molecule has 0 bridgehead atoms. The van der Waals surface area contributed by atoms with Crippen LogP contribution in [0.15, 0.2) is 59.6 Å². The summed E-state index contributed by atoms with van der Waals surface area (Å²) in [5.41, 5.74) is 2.16. The number of halogens is 1. The topological polar surface area (TPSA) is 79.8 Å². The molecule has 1 unspecified atom stereocenters. The maximum absolute atomic E-state index is 11.6. The van der Waals surface area contributed by atoms with Crippen molar-refractivity contribution in [2.45, 2.75) is 19.4 Å². The van der Waals surface area contributed by atoms with Crippen LogP contribution < -0.4 is 15.4 Å². The molecule has 0 aromatic heterocycles. The number of para-hydroxylation sites is 1. The average Bonchev–Trinajstić information content (AvgIpc) is 3.04. The summed E-state index contributed by atoms with van der Waals surface area (Å²) in [6, 6.07) is 18.0. The van der Waals surface area contributed by atoms with Gasteiger partial charge in [-0.05, 0) is 25.0 Å². The highest BCUT2D eigenvalue weighted by Crippen LogP contribution is 2.29. The van der Waals surface area contributed by atoms with Crippen molar-refractivity contribution in [1.29, 1.82) is 0 Å². The van der Waals surface area contributed by atoms with Crippen LogP contribution in [0, 0.1) is 0 Å². The van der Waals surface area contributed by atoms with Crippen molar-refractivity contribution in [2.24, 2.45) is 4.99 Å². The third kappa shape index (κ3) is 7.18. The second-order valence-corrected chi connectivity index (χ2v) is 8.94. The Bertz CT molecular complexity index is 904. The Kier molecular flexibility index (Phi) is 9.22. The smallest absolute Gasteiger partial charge is 0.191 e. The summed E-state index contributed by atoms with van der Waals surface area (Å²) in [4.78, 5) is 4.52. The highest BCUT2D eigenvalue weighted by Gasteiger charge is 2.28. The molecule has 1 heterocycles. The minimum atomic E-state index is -2.92. The number of benzene rings is 2. The summed E-state index contributed by atoms with van der Waals surface area (Å²) in [6.07, 6.45) is 0.619. The molecule has 0 saturated carbocycles. The Balaban J connectivity index is 0.00000300. The fraction of sp³-hybridized carbons (Fsp3) is 0.381. The minimum Gasteiger partial charge on any atom is -0.491 e. The SMILES string of the molecule is CCNC(=NCCOc1ccccc1-c1ccccc1)NC1CCS(=O)(=O)C1.I. The molecule has 1 fully saturated rings. The van der Waals surface area contributed by atoms with Crippen LogP contribution in [0.3, 0.4) is 0 Å². The molecule has 0 aliphatic carbocycles. The van der Waals surface area contributed by atoms with Crippen molar-refractivity contribution < 1.29 is 13.2 Å². The fourth-order valence-corrected chi connectivity index (χ4v) is 4.86. The van der Waals surface area contributed by atoms with Gasteiger partial charge in [0.05, 0.1) is 18.1 Å². The van der Waals surface area contributed by atoms with Crippen LogP contribution in [-0.4, -0.2) is 51.6 Å². The van der Waals surface area contributed by atoms with Crippen LogP contribution in [-0.2, 0) is 9.84 Å². The molecule has 0 amide bonds. The fourth-order valence-electron chi connectivity index (χ4n) is 3.18. The molecule has 158 valence electrons. The molecule has 2 aromatic carbocycles. The molecule has 1 saturated heterocycles. The molecule has 8 heteroatoms. The molecule has 2 aromatic rings. The Labute approximate surface area is 190 Å². The molecule has 1 aliphatic rings. The zero-order valence-electron chi connectivity index (χ0n) is 16.5. The van der Waals surface area contributed by atoms with E-state index in [1.165, 1.54) is 0 Å². The first-order chi connectivity index (χ1) is 13.6. The third-order valence-electron chi connectivity index (χ3n) is 4.51. The van der Waals surface area contributed by atoms with E-state index in [4.69, 9.17) is 4.74 Å². The third-order valence-corrected chi connectivity index (χ3v) is 6.28. The molecule has 0 spiro atoms. The van der Waals surface area contributed by atoms with Gasteiger partial charge in [-0.1, -0.05) is 48.5 Å². The zero-order valence-corrected chi connectivity index (χ0v) is 19.7. The van der Waals surface area contributed by atoms with Gasteiger partial charge in [0.2, 0.25) is 0 Å². The molecule has 1 atom stereocenters. The average molecular weight is 529 g/mol. The van der Waals surface area contributed by atoms with Gasteiger partial charge >= 0.3 is 0 Å². The van der Waals surface area contributed by atoms with Crippen molar-refractivity contribution in [2.75, 3.05) is 31.2 Å². The van der Waals surface area contributed by atoms with Crippen LogP contribution in [0.2, 0.25) is 0 Å². The van der Waals surface area contributed by atoms with Gasteiger partial charge in [-0.2, -0.15) is 0 Å². The number of hydrogen-bond donors (Lipinski definition) is 2. The standard InChI is InChI=1S/C21H27N3O3S.HI/c1-2-22-21(24-18-12-15-28(25,26)16-18)23-13-14-27-20-11-7-6-10-19(20)17-8-4-3-5-9-17;/h3-11,18H,2,12-16H2,1H3,(H2,22,23,24);1H. The summed E-state index contributed by atoms with van der Waals surface area (Å²) in [5.74, 6) is 1.86. The molecular weight excluding hydrogens is 501 g/mol. The van der Waals surface area contributed by atoms with Gasteiger partial charge in [-0.3, -0.25) is 0 Å². The number of rotatable bonds is 7. The van der Waals surface area contributed by atoms with Crippen LogP contribution in [0.1, 0.15) is 13.3 Å². The largest absolute Gasteiger partial charge is 0.491 e. The van der Waals surface area contributed by atoms with Gasteiger partial charge in [0.15, 0.2) is 15.8 Å². The first-order valence-corrected chi connectivity index (χ1v) is 11.4. The molecular formula is C21H28IN3O3S. The van der Waals surface area contributed by atoms with E-state index in [1.54, 1.807) is 0 Å². The predicted molar refractivity (Wildman–Crippen MR) is 129 cm³/mol.